The highest BCUT2D eigenvalue weighted by Crippen LogP contribution is 2.11. The number of benzene rings is 1. The first kappa shape index (κ1) is 13.4. The summed E-state index contributed by atoms with van der Waals surface area (Å²) in [6.45, 7) is 0. The first-order valence-electron chi connectivity index (χ1n) is 5.69. The van der Waals surface area contributed by atoms with Gasteiger partial charge in [-0.05, 0) is 30.4 Å². The van der Waals surface area contributed by atoms with E-state index in [2.05, 4.69) is 27.9 Å². The molecule has 0 radical (unpaired) electrons. The van der Waals surface area contributed by atoms with Crippen molar-refractivity contribution in [3.63, 3.8) is 0 Å². The number of H-pyrrole nitrogens is 1. The standard InChI is InChI=1S/C12H13N3O3S/c16-11(15-9(3-4-19)12(17)18)7-1-2-8-10(5-7)14-6-13-8/h1-2,5-6,9,19H,3-4H2,(H,13,14)(H,15,16)(H,17,18). The van der Waals surface area contributed by atoms with E-state index in [0.29, 0.717) is 11.3 Å². The van der Waals surface area contributed by atoms with Crippen LogP contribution in [0, 0.1) is 0 Å². The van der Waals surface area contributed by atoms with Crippen LogP contribution in [0.2, 0.25) is 0 Å². The van der Waals surface area contributed by atoms with Crippen molar-refractivity contribution in [3.05, 3.63) is 30.1 Å². The number of aromatic nitrogens is 2. The number of carboxylic acid groups (broad SMARTS) is 1. The Kier molecular flexibility index (Phi) is 4.06. The number of carboxylic acids is 1. The van der Waals surface area contributed by atoms with E-state index >= 15 is 0 Å². The Morgan fingerprint density at radius 2 is 2.26 bits per heavy atom. The number of hydrogen-bond acceptors (Lipinski definition) is 4. The molecule has 2 aromatic rings. The SMILES string of the molecule is O=C(NC(CCS)C(=O)O)c1ccc2nc[nH]c2c1. The summed E-state index contributed by atoms with van der Waals surface area (Å²) >= 11 is 3.98. The van der Waals surface area contributed by atoms with Crippen LogP contribution in [0.1, 0.15) is 16.8 Å². The highest BCUT2D eigenvalue weighted by Gasteiger charge is 2.19. The third-order valence-electron chi connectivity index (χ3n) is 2.70. The summed E-state index contributed by atoms with van der Waals surface area (Å²) in [6.07, 6.45) is 1.81. The number of aliphatic carboxylic acids is 1. The number of carbonyl (C=O) groups is 2. The van der Waals surface area contributed by atoms with E-state index in [1.54, 1.807) is 18.2 Å². The second kappa shape index (κ2) is 5.75. The van der Waals surface area contributed by atoms with E-state index in [9.17, 15) is 9.59 Å². The second-order valence-corrected chi connectivity index (χ2v) is 4.46. The highest BCUT2D eigenvalue weighted by atomic mass is 32.1. The maximum atomic E-state index is 12.0. The molecule has 1 aromatic heterocycles. The molecule has 0 spiro atoms. The Morgan fingerprint density at radius 3 is 2.95 bits per heavy atom. The van der Waals surface area contributed by atoms with Crippen molar-refractivity contribution >= 4 is 35.5 Å². The maximum absolute atomic E-state index is 12.0. The lowest BCUT2D eigenvalue weighted by atomic mass is 10.1. The molecule has 1 aromatic carbocycles. The zero-order valence-electron chi connectivity index (χ0n) is 9.96. The predicted octanol–water partition coefficient (Wildman–Crippen LogP) is 1.07. The third-order valence-corrected chi connectivity index (χ3v) is 2.96. The van der Waals surface area contributed by atoms with Crippen LogP contribution in [-0.2, 0) is 4.79 Å². The van der Waals surface area contributed by atoms with Crippen LogP contribution in [0.3, 0.4) is 0 Å². The number of rotatable bonds is 5. The fourth-order valence-corrected chi connectivity index (χ4v) is 1.96. The number of imidazole rings is 1. The topological polar surface area (TPSA) is 95.1 Å². The summed E-state index contributed by atoms with van der Waals surface area (Å²) in [7, 11) is 0. The summed E-state index contributed by atoms with van der Waals surface area (Å²) in [4.78, 5) is 29.9. The van der Waals surface area contributed by atoms with Crippen LogP contribution >= 0.6 is 12.6 Å². The Hall–Kier alpha value is -2.02. The van der Waals surface area contributed by atoms with Gasteiger partial charge in [-0.3, -0.25) is 4.79 Å². The maximum Gasteiger partial charge on any atom is 0.326 e. The van der Waals surface area contributed by atoms with Crippen molar-refractivity contribution in [2.24, 2.45) is 0 Å². The lowest BCUT2D eigenvalue weighted by Gasteiger charge is -2.13. The molecule has 1 atom stereocenters. The van der Waals surface area contributed by atoms with Gasteiger partial charge in [0.05, 0.1) is 17.4 Å². The Morgan fingerprint density at radius 1 is 1.47 bits per heavy atom. The van der Waals surface area contributed by atoms with E-state index in [1.165, 1.54) is 6.33 Å². The molecular formula is C12H13N3O3S. The van der Waals surface area contributed by atoms with Crippen molar-refractivity contribution in [1.29, 1.82) is 0 Å². The Balaban J connectivity index is 2.16. The number of hydrogen-bond donors (Lipinski definition) is 4. The highest BCUT2D eigenvalue weighted by molar-refractivity contribution is 7.80. The summed E-state index contributed by atoms with van der Waals surface area (Å²) in [5, 5.41) is 11.4. The van der Waals surface area contributed by atoms with Gasteiger partial charge >= 0.3 is 5.97 Å². The van der Waals surface area contributed by atoms with Crippen molar-refractivity contribution in [1.82, 2.24) is 15.3 Å². The van der Waals surface area contributed by atoms with Gasteiger partial charge in [-0.1, -0.05) is 0 Å². The molecule has 3 N–H and O–H groups in total. The van der Waals surface area contributed by atoms with Crippen LogP contribution in [0.15, 0.2) is 24.5 Å². The summed E-state index contributed by atoms with van der Waals surface area (Å²) in [5.41, 5.74) is 1.87. The second-order valence-electron chi connectivity index (χ2n) is 4.01. The molecule has 1 unspecified atom stereocenters. The van der Waals surface area contributed by atoms with Gasteiger partial charge in [-0.2, -0.15) is 12.6 Å². The first-order valence-corrected chi connectivity index (χ1v) is 6.32. The van der Waals surface area contributed by atoms with Crippen LogP contribution in [0.25, 0.3) is 11.0 Å². The summed E-state index contributed by atoms with van der Waals surface area (Å²) in [5.74, 6) is -1.10. The Bertz CT molecular complexity index is 611. The number of amides is 1. The van der Waals surface area contributed by atoms with Crippen molar-refractivity contribution < 1.29 is 14.7 Å². The number of thiol groups is 1. The van der Waals surface area contributed by atoms with Gasteiger partial charge in [0.15, 0.2) is 0 Å². The van der Waals surface area contributed by atoms with Crippen molar-refractivity contribution in [2.45, 2.75) is 12.5 Å². The molecule has 0 bridgehead atoms. The molecule has 0 aliphatic rings. The van der Waals surface area contributed by atoms with E-state index in [-0.39, 0.29) is 6.42 Å². The van der Waals surface area contributed by atoms with Gasteiger partial charge in [-0.25, -0.2) is 9.78 Å². The van der Waals surface area contributed by atoms with E-state index < -0.39 is 17.9 Å². The lowest BCUT2D eigenvalue weighted by molar-refractivity contribution is -0.139. The van der Waals surface area contributed by atoms with E-state index in [4.69, 9.17) is 5.11 Å². The molecule has 0 aliphatic carbocycles. The Labute approximate surface area is 114 Å². The molecule has 6 nitrogen and oxygen atoms in total. The molecule has 0 saturated carbocycles. The van der Waals surface area contributed by atoms with Gasteiger partial charge in [0, 0.05) is 5.56 Å². The van der Waals surface area contributed by atoms with Crippen LogP contribution < -0.4 is 5.32 Å². The normalized spacial score (nSPS) is 12.3. The minimum atomic E-state index is -1.06. The molecular weight excluding hydrogens is 266 g/mol. The largest absolute Gasteiger partial charge is 0.480 e. The zero-order chi connectivity index (χ0) is 13.8. The van der Waals surface area contributed by atoms with Crippen LogP contribution in [0.4, 0.5) is 0 Å². The molecule has 1 heterocycles. The lowest BCUT2D eigenvalue weighted by Crippen LogP contribution is -2.41. The van der Waals surface area contributed by atoms with Gasteiger partial charge in [0.1, 0.15) is 6.04 Å². The average molecular weight is 279 g/mol. The zero-order valence-corrected chi connectivity index (χ0v) is 10.9. The number of aromatic amines is 1. The number of nitrogens with one attached hydrogen (secondary N) is 2. The van der Waals surface area contributed by atoms with E-state index in [1.807, 2.05) is 0 Å². The molecule has 0 fully saturated rings. The van der Waals surface area contributed by atoms with Gasteiger partial charge in [-0.15, -0.1) is 0 Å². The van der Waals surface area contributed by atoms with Crippen LogP contribution in [-0.4, -0.2) is 38.7 Å². The smallest absolute Gasteiger partial charge is 0.326 e. The molecule has 1 amide bonds. The fourth-order valence-electron chi connectivity index (χ4n) is 1.70. The number of carbonyl (C=O) groups excluding carboxylic acids is 1. The van der Waals surface area contributed by atoms with Gasteiger partial charge in [0.2, 0.25) is 0 Å². The molecule has 100 valence electrons. The minimum absolute atomic E-state index is 0.274. The number of fused-ring (bicyclic) bond motifs is 1. The predicted molar refractivity (Wildman–Crippen MR) is 73.5 cm³/mol. The average Bonchev–Trinajstić information content (AvgIpc) is 2.85. The molecule has 0 saturated heterocycles. The van der Waals surface area contributed by atoms with Gasteiger partial charge in [0.25, 0.3) is 5.91 Å². The fraction of sp³-hybridized carbons (Fsp3) is 0.250. The minimum Gasteiger partial charge on any atom is -0.480 e. The molecule has 7 heteroatoms. The molecule has 2 rings (SSSR count). The third kappa shape index (κ3) is 3.05. The quantitative estimate of drug-likeness (QED) is 0.616. The summed E-state index contributed by atoms with van der Waals surface area (Å²) in [6, 6.07) is 4.02. The number of nitrogens with zero attached hydrogens (tertiary/aromatic N) is 1. The van der Waals surface area contributed by atoms with Crippen molar-refractivity contribution in [3.8, 4) is 0 Å². The van der Waals surface area contributed by atoms with Crippen molar-refractivity contribution in [2.75, 3.05) is 5.75 Å². The first-order chi connectivity index (χ1) is 9.11. The molecule has 0 aliphatic heterocycles. The van der Waals surface area contributed by atoms with Crippen LogP contribution in [0.5, 0.6) is 0 Å². The molecule has 19 heavy (non-hydrogen) atoms. The monoisotopic (exact) mass is 279 g/mol. The summed E-state index contributed by atoms with van der Waals surface area (Å²) < 4.78 is 0. The van der Waals surface area contributed by atoms with Gasteiger partial charge < -0.3 is 15.4 Å². The van der Waals surface area contributed by atoms with E-state index in [0.717, 1.165) is 11.0 Å².